The number of amides is 1. The van der Waals surface area contributed by atoms with Crippen molar-refractivity contribution in [2.24, 2.45) is 0 Å². The Labute approximate surface area is 154 Å². The first-order valence-corrected chi connectivity index (χ1v) is 8.49. The van der Waals surface area contributed by atoms with Gasteiger partial charge in [0.05, 0.1) is 12.4 Å². The van der Waals surface area contributed by atoms with Crippen LogP contribution in [0.4, 0.5) is 26.0 Å². The molecule has 0 saturated carbocycles. The third-order valence-electron chi connectivity index (χ3n) is 4.53. The molecule has 1 unspecified atom stereocenters. The number of hydrogen-bond acceptors (Lipinski definition) is 4. The predicted molar refractivity (Wildman–Crippen MR) is 98.1 cm³/mol. The van der Waals surface area contributed by atoms with Gasteiger partial charge < -0.3 is 10.2 Å². The Hall–Kier alpha value is -3.35. The van der Waals surface area contributed by atoms with Crippen LogP contribution >= 0.6 is 0 Å². The molecule has 0 radical (unpaired) electrons. The summed E-state index contributed by atoms with van der Waals surface area (Å²) in [6.45, 7) is 2.09. The van der Waals surface area contributed by atoms with E-state index >= 15 is 0 Å². The van der Waals surface area contributed by atoms with Crippen molar-refractivity contribution in [3.05, 3.63) is 77.8 Å². The SMILES string of the molecule is CC1Cc2ccccc2N1c1cnc(C(=O)Nc2c(F)cccc2F)cn1. The summed E-state index contributed by atoms with van der Waals surface area (Å²) in [7, 11) is 0. The highest BCUT2D eigenvalue weighted by Crippen LogP contribution is 2.36. The molecule has 0 aliphatic carbocycles. The lowest BCUT2D eigenvalue weighted by Gasteiger charge is -2.23. The predicted octanol–water partition coefficient (Wildman–Crippen LogP) is 4.09. The molecule has 1 aliphatic heterocycles. The second-order valence-electron chi connectivity index (χ2n) is 6.36. The molecule has 0 spiro atoms. The van der Waals surface area contributed by atoms with Crippen LogP contribution in [0.15, 0.2) is 54.9 Å². The van der Waals surface area contributed by atoms with E-state index in [1.165, 1.54) is 24.0 Å². The van der Waals surface area contributed by atoms with Gasteiger partial charge in [0.2, 0.25) is 0 Å². The lowest BCUT2D eigenvalue weighted by atomic mass is 10.1. The second-order valence-corrected chi connectivity index (χ2v) is 6.36. The van der Waals surface area contributed by atoms with E-state index in [-0.39, 0.29) is 11.7 Å². The second kappa shape index (κ2) is 6.75. The molecular weight excluding hydrogens is 350 g/mol. The molecule has 0 saturated heterocycles. The molecular formula is C20H16F2N4O. The fourth-order valence-electron chi connectivity index (χ4n) is 3.27. The maximum Gasteiger partial charge on any atom is 0.276 e. The molecule has 4 rings (SSSR count). The Morgan fingerprint density at radius 3 is 2.52 bits per heavy atom. The van der Waals surface area contributed by atoms with Gasteiger partial charge in [0, 0.05) is 11.7 Å². The molecule has 1 aliphatic rings. The minimum Gasteiger partial charge on any atom is -0.322 e. The Kier molecular flexibility index (Phi) is 4.27. The zero-order chi connectivity index (χ0) is 19.0. The summed E-state index contributed by atoms with van der Waals surface area (Å²) >= 11 is 0. The van der Waals surface area contributed by atoms with Crippen LogP contribution in [0.3, 0.4) is 0 Å². The van der Waals surface area contributed by atoms with Crippen molar-refractivity contribution in [3.8, 4) is 0 Å². The number of nitrogens with one attached hydrogen (secondary N) is 1. The summed E-state index contributed by atoms with van der Waals surface area (Å²) in [4.78, 5) is 22.8. The molecule has 1 amide bonds. The number of benzene rings is 2. The van der Waals surface area contributed by atoms with Crippen LogP contribution in [-0.4, -0.2) is 21.9 Å². The van der Waals surface area contributed by atoms with Crippen molar-refractivity contribution in [1.82, 2.24) is 9.97 Å². The molecule has 3 aromatic rings. The highest BCUT2D eigenvalue weighted by atomic mass is 19.1. The van der Waals surface area contributed by atoms with Gasteiger partial charge in [0.15, 0.2) is 5.82 Å². The third-order valence-corrected chi connectivity index (χ3v) is 4.53. The van der Waals surface area contributed by atoms with Gasteiger partial charge in [-0.25, -0.2) is 18.7 Å². The van der Waals surface area contributed by atoms with Gasteiger partial charge in [0.1, 0.15) is 23.0 Å². The Bertz CT molecular complexity index is 987. The first-order valence-electron chi connectivity index (χ1n) is 8.49. The maximum absolute atomic E-state index is 13.7. The van der Waals surface area contributed by atoms with Gasteiger partial charge in [-0.3, -0.25) is 4.79 Å². The fraction of sp³-hybridized carbons (Fsp3) is 0.150. The van der Waals surface area contributed by atoms with E-state index < -0.39 is 23.2 Å². The van der Waals surface area contributed by atoms with E-state index in [2.05, 4.69) is 33.2 Å². The van der Waals surface area contributed by atoms with Crippen molar-refractivity contribution in [3.63, 3.8) is 0 Å². The zero-order valence-corrected chi connectivity index (χ0v) is 14.5. The molecule has 2 aromatic carbocycles. The van der Waals surface area contributed by atoms with Crippen molar-refractivity contribution < 1.29 is 13.6 Å². The highest BCUT2D eigenvalue weighted by molar-refractivity contribution is 6.02. The van der Waals surface area contributed by atoms with Crippen molar-refractivity contribution in [1.29, 1.82) is 0 Å². The standard InChI is InChI=1S/C20H16F2N4O/c1-12-9-13-5-2-3-8-17(13)26(12)18-11-23-16(10-24-18)20(27)25-19-14(21)6-4-7-15(19)22/h2-8,10-12H,9H2,1H3,(H,25,27). The largest absolute Gasteiger partial charge is 0.322 e. The summed E-state index contributed by atoms with van der Waals surface area (Å²) in [5.41, 5.74) is 1.76. The quantitative estimate of drug-likeness (QED) is 0.759. The van der Waals surface area contributed by atoms with Crippen LogP contribution in [0.5, 0.6) is 0 Å². The molecule has 1 aromatic heterocycles. The van der Waals surface area contributed by atoms with Crippen molar-refractivity contribution in [2.75, 3.05) is 10.2 Å². The fourth-order valence-corrected chi connectivity index (χ4v) is 3.27. The van der Waals surface area contributed by atoms with E-state index in [4.69, 9.17) is 0 Å². The van der Waals surface area contributed by atoms with E-state index in [0.717, 1.165) is 24.2 Å². The average molecular weight is 366 g/mol. The lowest BCUT2D eigenvalue weighted by Crippen LogP contribution is -2.25. The number of hydrogen-bond donors (Lipinski definition) is 1. The number of anilines is 3. The van der Waals surface area contributed by atoms with Crippen LogP contribution < -0.4 is 10.2 Å². The molecule has 27 heavy (non-hydrogen) atoms. The van der Waals surface area contributed by atoms with E-state index in [1.54, 1.807) is 0 Å². The minimum atomic E-state index is -0.851. The summed E-state index contributed by atoms with van der Waals surface area (Å²) in [5.74, 6) is -1.82. The molecule has 0 bridgehead atoms. The maximum atomic E-state index is 13.7. The lowest BCUT2D eigenvalue weighted by molar-refractivity contribution is 0.102. The summed E-state index contributed by atoms with van der Waals surface area (Å²) in [6.07, 6.45) is 3.69. The Balaban J connectivity index is 1.57. The summed E-state index contributed by atoms with van der Waals surface area (Å²) in [5, 5.41) is 2.20. The van der Waals surface area contributed by atoms with E-state index in [1.807, 2.05) is 18.2 Å². The Morgan fingerprint density at radius 1 is 1.07 bits per heavy atom. The zero-order valence-electron chi connectivity index (χ0n) is 14.5. The van der Waals surface area contributed by atoms with E-state index in [0.29, 0.717) is 5.82 Å². The molecule has 5 nitrogen and oxygen atoms in total. The number of para-hydroxylation sites is 2. The smallest absolute Gasteiger partial charge is 0.276 e. The molecule has 2 heterocycles. The monoisotopic (exact) mass is 366 g/mol. The Morgan fingerprint density at radius 2 is 1.81 bits per heavy atom. The topological polar surface area (TPSA) is 58.1 Å². The van der Waals surface area contributed by atoms with Gasteiger partial charge in [-0.15, -0.1) is 0 Å². The van der Waals surface area contributed by atoms with Gasteiger partial charge in [0.25, 0.3) is 5.91 Å². The van der Waals surface area contributed by atoms with Crippen LogP contribution in [0.1, 0.15) is 23.0 Å². The van der Waals surface area contributed by atoms with Gasteiger partial charge in [-0.1, -0.05) is 24.3 Å². The van der Waals surface area contributed by atoms with Gasteiger partial charge in [-0.05, 0) is 37.1 Å². The number of carbonyl (C=O) groups excluding carboxylic acids is 1. The molecule has 1 atom stereocenters. The molecule has 1 N–H and O–H groups in total. The first-order chi connectivity index (χ1) is 13.0. The molecule has 136 valence electrons. The van der Waals surface area contributed by atoms with E-state index in [9.17, 15) is 13.6 Å². The van der Waals surface area contributed by atoms with Crippen LogP contribution in [-0.2, 0) is 6.42 Å². The number of aromatic nitrogens is 2. The third kappa shape index (κ3) is 3.12. The average Bonchev–Trinajstić information content (AvgIpc) is 3.00. The van der Waals surface area contributed by atoms with Gasteiger partial charge >= 0.3 is 0 Å². The van der Waals surface area contributed by atoms with Crippen LogP contribution in [0.2, 0.25) is 0 Å². The highest BCUT2D eigenvalue weighted by Gasteiger charge is 2.28. The minimum absolute atomic E-state index is 0.0264. The van der Waals surface area contributed by atoms with Crippen molar-refractivity contribution >= 4 is 23.1 Å². The number of nitrogens with zero attached hydrogens (tertiary/aromatic N) is 3. The number of halogens is 2. The molecule has 0 fully saturated rings. The number of carbonyl (C=O) groups is 1. The summed E-state index contributed by atoms with van der Waals surface area (Å²) < 4.78 is 27.4. The first kappa shape index (κ1) is 17.1. The number of fused-ring (bicyclic) bond motifs is 1. The normalized spacial score (nSPS) is 15.5. The van der Waals surface area contributed by atoms with Crippen LogP contribution in [0, 0.1) is 11.6 Å². The molecule has 7 heteroatoms. The number of rotatable bonds is 3. The van der Waals surface area contributed by atoms with Gasteiger partial charge in [-0.2, -0.15) is 0 Å². The summed E-state index contributed by atoms with van der Waals surface area (Å²) in [6, 6.07) is 11.6. The van der Waals surface area contributed by atoms with Crippen molar-refractivity contribution in [2.45, 2.75) is 19.4 Å². The van der Waals surface area contributed by atoms with Crippen LogP contribution in [0.25, 0.3) is 0 Å².